The quantitative estimate of drug-likeness (QED) is 0.549. The molecule has 0 spiro atoms. The molecule has 0 aliphatic rings. The summed E-state index contributed by atoms with van der Waals surface area (Å²) in [6.45, 7) is 7.39. The number of amides is 1. The maximum Gasteiger partial charge on any atom is 0.224 e. The van der Waals surface area contributed by atoms with Crippen LogP contribution in [0.1, 0.15) is 27.2 Å². The topological polar surface area (TPSA) is 61.4 Å². The number of rotatable bonds is 7. The summed E-state index contributed by atoms with van der Waals surface area (Å²) in [5.74, 6) is -0.0394. The minimum atomic E-state index is -0.105. The molecular formula is C10H22N2O2. The minimum Gasteiger partial charge on any atom is -0.394 e. The highest BCUT2D eigenvalue weighted by Gasteiger charge is 2.15. The molecule has 0 saturated carbocycles. The zero-order valence-electron chi connectivity index (χ0n) is 9.34. The Bertz CT molecular complexity index is 158. The molecule has 2 unspecified atom stereocenters. The predicted octanol–water partition coefficient (Wildman–Crippen LogP) is 0.119. The first-order valence-corrected chi connectivity index (χ1v) is 5.27. The van der Waals surface area contributed by atoms with E-state index in [0.29, 0.717) is 6.54 Å². The van der Waals surface area contributed by atoms with Crippen molar-refractivity contribution in [3.63, 3.8) is 0 Å². The first-order valence-electron chi connectivity index (χ1n) is 5.27. The van der Waals surface area contributed by atoms with Crippen LogP contribution in [-0.2, 0) is 4.79 Å². The summed E-state index contributed by atoms with van der Waals surface area (Å²) in [5.41, 5.74) is 0. The molecular weight excluding hydrogens is 180 g/mol. The summed E-state index contributed by atoms with van der Waals surface area (Å²) in [4.78, 5) is 11.5. The summed E-state index contributed by atoms with van der Waals surface area (Å²) >= 11 is 0. The molecule has 3 N–H and O–H groups in total. The number of aliphatic hydroxyl groups is 1. The van der Waals surface area contributed by atoms with Crippen LogP contribution in [0.25, 0.3) is 0 Å². The van der Waals surface area contributed by atoms with Crippen LogP contribution in [0.4, 0.5) is 0 Å². The van der Waals surface area contributed by atoms with E-state index < -0.39 is 0 Å². The van der Waals surface area contributed by atoms with E-state index in [4.69, 9.17) is 5.11 Å². The summed E-state index contributed by atoms with van der Waals surface area (Å²) < 4.78 is 0. The number of carbonyl (C=O) groups excluding carboxylic acids is 1. The molecule has 0 fully saturated rings. The van der Waals surface area contributed by atoms with Crippen LogP contribution in [-0.4, -0.2) is 36.8 Å². The zero-order chi connectivity index (χ0) is 11.0. The van der Waals surface area contributed by atoms with Crippen molar-refractivity contribution in [3.05, 3.63) is 0 Å². The van der Waals surface area contributed by atoms with Gasteiger partial charge in [0.25, 0.3) is 0 Å². The molecule has 1 amide bonds. The summed E-state index contributed by atoms with van der Waals surface area (Å²) in [7, 11) is 0. The van der Waals surface area contributed by atoms with Gasteiger partial charge in [-0.25, -0.2) is 0 Å². The molecule has 0 heterocycles. The molecule has 0 bridgehead atoms. The van der Waals surface area contributed by atoms with E-state index in [1.54, 1.807) is 0 Å². The lowest BCUT2D eigenvalue weighted by molar-refractivity contribution is -0.125. The Kier molecular flexibility index (Phi) is 7.42. The van der Waals surface area contributed by atoms with Crippen molar-refractivity contribution in [1.29, 1.82) is 0 Å². The van der Waals surface area contributed by atoms with Crippen molar-refractivity contribution >= 4 is 5.91 Å². The van der Waals surface area contributed by atoms with E-state index in [-0.39, 0.29) is 24.5 Å². The Morgan fingerprint density at radius 2 is 2.07 bits per heavy atom. The van der Waals surface area contributed by atoms with E-state index in [1.165, 1.54) is 0 Å². The number of carbonyl (C=O) groups is 1. The number of aliphatic hydroxyl groups excluding tert-OH is 1. The van der Waals surface area contributed by atoms with E-state index in [2.05, 4.69) is 10.6 Å². The Hall–Kier alpha value is -0.610. The van der Waals surface area contributed by atoms with Gasteiger partial charge in [-0.05, 0) is 13.0 Å². The number of nitrogens with one attached hydrogen (secondary N) is 2. The molecule has 0 aliphatic carbocycles. The van der Waals surface area contributed by atoms with Crippen LogP contribution >= 0.6 is 0 Å². The molecule has 14 heavy (non-hydrogen) atoms. The van der Waals surface area contributed by atoms with Crippen molar-refractivity contribution in [3.8, 4) is 0 Å². The van der Waals surface area contributed by atoms with Gasteiger partial charge in [0.1, 0.15) is 0 Å². The molecule has 0 aromatic heterocycles. The lowest BCUT2D eigenvalue weighted by Crippen LogP contribution is -2.42. The molecule has 2 atom stereocenters. The fourth-order valence-electron chi connectivity index (χ4n) is 1.07. The van der Waals surface area contributed by atoms with Gasteiger partial charge >= 0.3 is 0 Å². The van der Waals surface area contributed by atoms with Gasteiger partial charge in [-0.15, -0.1) is 0 Å². The third-order valence-corrected chi connectivity index (χ3v) is 2.21. The monoisotopic (exact) mass is 202 g/mol. The molecule has 0 aromatic rings. The van der Waals surface area contributed by atoms with Crippen LogP contribution in [0.15, 0.2) is 0 Å². The largest absolute Gasteiger partial charge is 0.394 e. The SMILES string of the molecule is CCNCC(C)C(=O)NC(CC)CO. The second-order valence-corrected chi connectivity index (χ2v) is 3.51. The van der Waals surface area contributed by atoms with E-state index in [0.717, 1.165) is 13.0 Å². The van der Waals surface area contributed by atoms with Gasteiger partial charge in [0.2, 0.25) is 5.91 Å². The normalized spacial score (nSPS) is 14.9. The van der Waals surface area contributed by atoms with Gasteiger partial charge < -0.3 is 15.7 Å². The van der Waals surface area contributed by atoms with Crippen LogP contribution in [0, 0.1) is 5.92 Å². The predicted molar refractivity (Wildman–Crippen MR) is 57.0 cm³/mol. The summed E-state index contributed by atoms with van der Waals surface area (Å²) in [6.07, 6.45) is 0.760. The second kappa shape index (κ2) is 7.76. The summed E-state index contributed by atoms with van der Waals surface area (Å²) in [6, 6.07) is -0.105. The maximum atomic E-state index is 11.5. The Labute approximate surface area is 86.1 Å². The maximum absolute atomic E-state index is 11.5. The number of hydrogen-bond donors (Lipinski definition) is 3. The van der Waals surface area contributed by atoms with Crippen molar-refractivity contribution in [1.82, 2.24) is 10.6 Å². The Balaban J connectivity index is 3.81. The van der Waals surface area contributed by atoms with Gasteiger partial charge in [-0.3, -0.25) is 4.79 Å². The summed E-state index contributed by atoms with van der Waals surface area (Å²) in [5, 5.41) is 14.8. The third kappa shape index (κ3) is 5.19. The standard InChI is InChI=1S/C10H22N2O2/c1-4-9(7-13)12-10(14)8(3)6-11-5-2/h8-9,11,13H,4-7H2,1-3H3,(H,12,14). The molecule has 4 nitrogen and oxygen atoms in total. The first kappa shape index (κ1) is 13.4. The molecule has 0 saturated heterocycles. The van der Waals surface area contributed by atoms with E-state index >= 15 is 0 Å². The highest BCUT2D eigenvalue weighted by molar-refractivity contribution is 5.78. The zero-order valence-corrected chi connectivity index (χ0v) is 9.34. The fourth-order valence-corrected chi connectivity index (χ4v) is 1.07. The molecule has 0 aliphatic heterocycles. The van der Waals surface area contributed by atoms with Crippen LogP contribution < -0.4 is 10.6 Å². The van der Waals surface area contributed by atoms with Gasteiger partial charge in [-0.1, -0.05) is 20.8 Å². The highest BCUT2D eigenvalue weighted by atomic mass is 16.3. The molecule has 0 rings (SSSR count). The number of hydrogen-bond acceptors (Lipinski definition) is 3. The lowest BCUT2D eigenvalue weighted by atomic mass is 10.1. The van der Waals surface area contributed by atoms with Crippen LogP contribution in [0.3, 0.4) is 0 Å². The van der Waals surface area contributed by atoms with Gasteiger partial charge in [0.15, 0.2) is 0 Å². The smallest absolute Gasteiger partial charge is 0.224 e. The second-order valence-electron chi connectivity index (χ2n) is 3.51. The first-order chi connectivity index (χ1) is 6.65. The van der Waals surface area contributed by atoms with E-state index in [9.17, 15) is 4.79 Å². The average molecular weight is 202 g/mol. The van der Waals surface area contributed by atoms with Crippen molar-refractivity contribution in [2.45, 2.75) is 33.2 Å². The van der Waals surface area contributed by atoms with Crippen molar-refractivity contribution in [2.24, 2.45) is 5.92 Å². The van der Waals surface area contributed by atoms with Gasteiger partial charge in [0.05, 0.1) is 12.6 Å². The lowest BCUT2D eigenvalue weighted by Gasteiger charge is -2.17. The average Bonchev–Trinajstić information content (AvgIpc) is 2.21. The molecule has 0 radical (unpaired) electrons. The van der Waals surface area contributed by atoms with Crippen molar-refractivity contribution < 1.29 is 9.90 Å². The minimum absolute atomic E-state index is 0.00634. The van der Waals surface area contributed by atoms with Gasteiger partial charge in [0, 0.05) is 12.5 Å². The molecule has 84 valence electrons. The van der Waals surface area contributed by atoms with E-state index in [1.807, 2.05) is 20.8 Å². The fraction of sp³-hybridized carbons (Fsp3) is 0.900. The Morgan fingerprint density at radius 1 is 1.43 bits per heavy atom. The molecule has 0 aromatic carbocycles. The highest BCUT2D eigenvalue weighted by Crippen LogP contribution is 1.96. The van der Waals surface area contributed by atoms with Crippen LogP contribution in [0.5, 0.6) is 0 Å². The molecule has 4 heteroatoms. The Morgan fingerprint density at radius 3 is 2.50 bits per heavy atom. The van der Waals surface area contributed by atoms with Crippen molar-refractivity contribution in [2.75, 3.05) is 19.7 Å². The van der Waals surface area contributed by atoms with Crippen LogP contribution in [0.2, 0.25) is 0 Å². The van der Waals surface area contributed by atoms with Gasteiger partial charge in [-0.2, -0.15) is 0 Å². The third-order valence-electron chi connectivity index (χ3n) is 2.21.